The van der Waals surface area contributed by atoms with Gasteiger partial charge < -0.3 is 16.2 Å². The maximum atomic E-state index is 11.8. The van der Waals surface area contributed by atoms with Crippen LogP contribution in [0.2, 0.25) is 0 Å². The summed E-state index contributed by atoms with van der Waals surface area (Å²) in [6.07, 6.45) is 0. The van der Waals surface area contributed by atoms with E-state index in [1.807, 2.05) is 0 Å². The number of carbonyl (C=O) groups excluding carboxylic acids is 1. The number of nitrogens with zero attached hydrogens (tertiary/aromatic N) is 1. The van der Waals surface area contributed by atoms with Crippen LogP contribution in [-0.4, -0.2) is 26.1 Å². The van der Waals surface area contributed by atoms with Crippen molar-refractivity contribution in [1.29, 1.82) is 0 Å². The number of aliphatic imine (C=N–C) groups is 1. The first kappa shape index (κ1) is 15.3. The minimum absolute atomic E-state index is 0.289. The lowest BCUT2D eigenvalue weighted by Crippen LogP contribution is -2.24. The molecule has 104 valence electrons. The molecule has 1 aromatic rings. The fourth-order valence-electron chi connectivity index (χ4n) is 1.36. The summed E-state index contributed by atoms with van der Waals surface area (Å²) in [5, 5.41) is 0. The highest BCUT2D eigenvalue weighted by Crippen LogP contribution is 2.33. The Bertz CT molecular complexity index is 501. The fourth-order valence-corrected chi connectivity index (χ4v) is 1.90. The lowest BCUT2D eigenvalue weighted by molar-refractivity contribution is -0.160. The summed E-state index contributed by atoms with van der Waals surface area (Å²) in [6.45, 7) is 1.75. The zero-order chi connectivity index (χ0) is 14.4. The molecule has 1 rings (SSSR count). The molecule has 1 aromatic carbocycles. The van der Waals surface area contributed by atoms with E-state index in [-0.39, 0.29) is 5.96 Å². The third-order valence-electron chi connectivity index (χ3n) is 2.16. The molecule has 7 nitrogen and oxygen atoms in total. The molecule has 0 spiro atoms. The van der Waals surface area contributed by atoms with Gasteiger partial charge in [0.2, 0.25) is 0 Å². The van der Waals surface area contributed by atoms with E-state index in [0.29, 0.717) is 21.8 Å². The Morgan fingerprint density at radius 3 is 2.53 bits per heavy atom. The molecule has 0 aliphatic carbocycles. The minimum Gasteiger partial charge on any atom is -0.495 e. The molecule has 0 aromatic heterocycles. The topological polar surface area (TPSA) is 109 Å². The summed E-state index contributed by atoms with van der Waals surface area (Å²) in [7, 11) is 2.89. The van der Waals surface area contributed by atoms with Gasteiger partial charge in [0.25, 0.3) is 5.91 Å². The number of hydrogen-bond acceptors (Lipinski definition) is 5. The van der Waals surface area contributed by atoms with Gasteiger partial charge in [0.1, 0.15) is 5.75 Å². The molecule has 19 heavy (non-hydrogen) atoms. The summed E-state index contributed by atoms with van der Waals surface area (Å²) in [5.41, 5.74) is 11.4. The highest BCUT2D eigenvalue weighted by Gasteiger charge is 2.15. The number of guanidine groups is 1. The Morgan fingerprint density at radius 2 is 2.00 bits per heavy atom. The second-order valence-corrected chi connectivity index (χ2v) is 4.22. The van der Waals surface area contributed by atoms with E-state index in [0.717, 1.165) is 12.0 Å². The van der Waals surface area contributed by atoms with Crippen molar-refractivity contribution in [2.45, 2.75) is 11.8 Å². The number of carbonyl (C=O) groups is 1. The fraction of sp³-hybridized carbons (Fsp3) is 0.273. The van der Waals surface area contributed by atoms with E-state index in [9.17, 15) is 4.79 Å². The van der Waals surface area contributed by atoms with Gasteiger partial charge in [-0.1, -0.05) is 0 Å². The summed E-state index contributed by atoms with van der Waals surface area (Å²) >= 11 is 0.920. The number of hydrogen-bond donors (Lipinski definition) is 2. The SMILES string of the molecule is COOSc1cc(C(=O)N=C(N)N)c(C)cc1OC. The number of nitrogens with two attached hydrogens (primary N) is 2. The van der Waals surface area contributed by atoms with Gasteiger partial charge in [-0.2, -0.15) is 9.33 Å². The normalized spacial score (nSPS) is 10.1. The smallest absolute Gasteiger partial charge is 0.280 e. The van der Waals surface area contributed by atoms with Crippen LogP contribution in [0.1, 0.15) is 15.9 Å². The predicted molar refractivity (Wildman–Crippen MR) is 71.8 cm³/mol. The van der Waals surface area contributed by atoms with Crippen LogP contribution in [-0.2, 0) is 9.22 Å². The Hall–Kier alpha value is -1.77. The van der Waals surface area contributed by atoms with E-state index < -0.39 is 5.91 Å². The van der Waals surface area contributed by atoms with E-state index in [1.54, 1.807) is 19.1 Å². The zero-order valence-corrected chi connectivity index (χ0v) is 11.6. The quantitative estimate of drug-likeness (QED) is 0.273. The lowest BCUT2D eigenvalue weighted by atomic mass is 10.1. The Kier molecular flexibility index (Phi) is 5.61. The summed E-state index contributed by atoms with van der Waals surface area (Å²) in [6, 6.07) is 3.27. The molecule has 0 saturated heterocycles. The van der Waals surface area contributed by atoms with Crippen molar-refractivity contribution in [3.63, 3.8) is 0 Å². The molecule has 4 N–H and O–H groups in total. The first-order chi connectivity index (χ1) is 8.99. The van der Waals surface area contributed by atoms with Crippen molar-refractivity contribution in [1.82, 2.24) is 0 Å². The molecule has 0 bridgehead atoms. The molecule has 0 radical (unpaired) electrons. The van der Waals surface area contributed by atoms with E-state index >= 15 is 0 Å². The minimum atomic E-state index is -0.528. The van der Waals surface area contributed by atoms with Gasteiger partial charge in [0.15, 0.2) is 5.96 Å². The summed E-state index contributed by atoms with van der Waals surface area (Å²) in [4.78, 5) is 20.4. The molecule has 0 atom stereocenters. The maximum Gasteiger partial charge on any atom is 0.280 e. The molecule has 0 aliphatic heterocycles. The van der Waals surface area contributed by atoms with Crippen LogP contribution in [0.25, 0.3) is 0 Å². The Balaban J connectivity index is 3.18. The number of ether oxygens (including phenoxy) is 1. The standard InChI is InChI=1S/C11H15N3O4S/c1-6-4-8(16-2)9(19-18-17-3)5-7(6)10(15)14-11(12)13/h4-5H,1-3H3,(H4,12,13,14,15). The van der Waals surface area contributed by atoms with Crippen LogP contribution < -0.4 is 16.2 Å². The Morgan fingerprint density at radius 1 is 1.32 bits per heavy atom. The van der Waals surface area contributed by atoms with Crippen molar-refractivity contribution < 1.29 is 18.8 Å². The molecule has 0 unspecified atom stereocenters. The summed E-state index contributed by atoms with van der Waals surface area (Å²) in [5.74, 6) is -0.261. The Labute approximate surface area is 115 Å². The first-order valence-electron chi connectivity index (χ1n) is 5.19. The van der Waals surface area contributed by atoms with Crippen molar-refractivity contribution >= 4 is 23.9 Å². The number of aryl methyl sites for hydroxylation is 1. The molecule has 1 amide bonds. The van der Waals surface area contributed by atoms with Crippen molar-refractivity contribution in [3.05, 3.63) is 23.3 Å². The average molecular weight is 285 g/mol. The van der Waals surface area contributed by atoms with Gasteiger partial charge in [0, 0.05) is 5.56 Å². The molecule has 0 saturated carbocycles. The van der Waals surface area contributed by atoms with Crippen LogP contribution in [0.4, 0.5) is 0 Å². The molecule has 8 heteroatoms. The van der Waals surface area contributed by atoms with Gasteiger partial charge >= 0.3 is 0 Å². The van der Waals surface area contributed by atoms with Gasteiger partial charge in [-0.05, 0) is 24.6 Å². The highest BCUT2D eigenvalue weighted by atomic mass is 32.2. The van der Waals surface area contributed by atoms with Crippen LogP contribution in [0.3, 0.4) is 0 Å². The number of rotatable bonds is 5. The van der Waals surface area contributed by atoms with Crippen molar-refractivity contribution in [2.24, 2.45) is 16.5 Å². The highest BCUT2D eigenvalue weighted by molar-refractivity contribution is 7.94. The van der Waals surface area contributed by atoms with E-state index in [1.165, 1.54) is 14.2 Å². The van der Waals surface area contributed by atoms with Gasteiger partial charge in [-0.15, -0.1) is 0 Å². The summed E-state index contributed by atoms with van der Waals surface area (Å²) < 4.78 is 9.94. The molecular formula is C11H15N3O4S. The third-order valence-corrected chi connectivity index (χ3v) is 2.87. The van der Waals surface area contributed by atoms with Crippen molar-refractivity contribution in [2.75, 3.05) is 14.2 Å². The van der Waals surface area contributed by atoms with Gasteiger partial charge in [-0.3, -0.25) is 4.79 Å². The number of benzene rings is 1. The molecular weight excluding hydrogens is 270 g/mol. The predicted octanol–water partition coefficient (Wildman–Crippen LogP) is 1.00. The molecule has 0 fully saturated rings. The number of amides is 1. The van der Waals surface area contributed by atoms with E-state index in [2.05, 4.69) is 9.88 Å². The van der Waals surface area contributed by atoms with Gasteiger partial charge in [0.05, 0.1) is 31.2 Å². The van der Waals surface area contributed by atoms with Crippen LogP contribution in [0.15, 0.2) is 22.0 Å². The van der Waals surface area contributed by atoms with Crippen LogP contribution in [0, 0.1) is 6.92 Å². The lowest BCUT2D eigenvalue weighted by Gasteiger charge is -2.10. The van der Waals surface area contributed by atoms with E-state index in [4.69, 9.17) is 20.5 Å². The second kappa shape index (κ2) is 6.98. The zero-order valence-electron chi connectivity index (χ0n) is 10.8. The van der Waals surface area contributed by atoms with Crippen LogP contribution >= 0.6 is 12.0 Å². The van der Waals surface area contributed by atoms with Crippen molar-refractivity contribution in [3.8, 4) is 5.75 Å². The first-order valence-corrected chi connectivity index (χ1v) is 5.93. The van der Waals surface area contributed by atoms with Gasteiger partial charge in [-0.25, -0.2) is 4.89 Å². The average Bonchev–Trinajstić information content (AvgIpc) is 2.35. The maximum absolute atomic E-state index is 11.8. The van der Waals surface area contributed by atoms with Crippen LogP contribution in [0.5, 0.6) is 5.75 Å². The number of methoxy groups -OCH3 is 1. The largest absolute Gasteiger partial charge is 0.495 e. The monoisotopic (exact) mass is 285 g/mol. The third kappa shape index (κ3) is 4.12. The molecule has 0 heterocycles. The second-order valence-electron chi connectivity index (χ2n) is 3.48. The molecule has 0 aliphatic rings.